The first-order valence-corrected chi connectivity index (χ1v) is 30.8. The Kier molecular flexibility index (Phi) is 9.48. The van der Waals surface area contributed by atoms with E-state index in [4.69, 9.17) is 0 Å². The Morgan fingerprint density at radius 1 is 0.299 bits per heavy atom. The lowest BCUT2D eigenvalue weighted by Gasteiger charge is -2.32. The summed E-state index contributed by atoms with van der Waals surface area (Å²) < 4.78 is 0. The standard InChI is InChI=1S/C63H54N2Si2/c1-66(2,3)52-33-28-48(29-34-52)64(46-17-9-7-10-18-46)50-27-25-43-41-58-57-37-26-44-39-51(65(47-19-11-8-12-20-47)49-30-35-53(36-31-49)67(4,5)6)32-38-54(44)62(57)63(61(58)42-45(43)40-50)59-23-15-13-21-55(59)56-22-14-16-24-60(56)63/h7-42H,1-6H3. The summed E-state index contributed by atoms with van der Waals surface area (Å²) in [5.41, 5.74) is 17.1. The molecule has 0 aromatic heterocycles. The molecule has 0 unspecified atom stereocenters. The van der Waals surface area contributed by atoms with Crippen molar-refractivity contribution in [2.75, 3.05) is 9.80 Å². The zero-order valence-corrected chi connectivity index (χ0v) is 41.2. The zero-order chi connectivity index (χ0) is 45.7. The minimum absolute atomic E-state index is 0.513. The molecule has 0 amide bonds. The van der Waals surface area contributed by atoms with E-state index in [1.165, 1.54) is 76.4 Å². The Morgan fingerprint density at radius 3 is 1.25 bits per heavy atom. The SMILES string of the molecule is C[Si](C)(C)c1ccc(N(c2ccccc2)c2ccc3cc4c(cc3c2)C2(c3ccccc3-c3ccccc32)c2c-4ccc3cc(N(c4ccccc4)c4ccc([Si](C)(C)C)cc4)ccc23)cc1. The minimum atomic E-state index is -1.47. The molecule has 2 aliphatic rings. The Bertz CT molecular complexity index is 3480. The number of hydrogen-bond donors (Lipinski definition) is 0. The molecule has 2 aliphatic carbocycles. The maximum atomic E-state index is 2.53. The summed E-state index contributed by atoms with van der Waals surface area (Å²) in [4.78, 5) is 4.82. The maximum absolute atomic E-state index is 2.53. The fraction of sp³-hybridized carbons (Fsp3) is 0.111. The second-order valence-corrected chi connectivity index (χ2v) is 30.8. The Balaban J connectivity index is 1.07. The molecule has 4 heteroatoms. The van der Waals surface area contributed by atoms with E-state index in [2.05, 4.69) is 267 Å². The zero-order valence-electron chi connectivity index (χ0n) is 39.2. The number of nitrogens with zero attached hydrogens (tertiary/aromatic N) is 2. The van der Waals surface area contributed by atoms with Crippen LogP contribution in [-0.2, 0) is 5.41 Å². The van der Waals surface area contributed by atoms with Gasteiger partial charge in [-0.25, -0.2) is 0 Å². The summed E-state index contributed by atoms with van der Waals surface area (Å²) in [6, 6.07) is 82.6. The normalized spacial score (nSPS) is 13.3. The van der Waals surface area contributed by atoms with Crippen molar-refractivity contribution in [1.82, 2.24) is 0 Å². The highest BCUT2D eigenvalue weighted by Crippen LogP contribution is 2.64. The summed E-state index contributed by atoms with van der Waals surface area (Å²) in [7, 11) is -2.94. The van der Waals surface area contributed by atoms with E-state index >= 15 is 0 Å². The van der Waals surface area contributed by atoms with Gasteiger partial charge in [0.2, 0.25) is 0 Å². The third kappa shape index (κ3) is 6.57. The van der Waals surface area contributed by atoms with Crippen molar-refractivity contribution in [3.05, 3.63) is 241 Å². The van der Waals surface area contributed by atoms with Gasteiger partial charge in [0.15, 0.2) is 0 Å². The molecular weight excluding hydrogens is 841 g/mol. The van der Waals surface area contributed by atoms with Crippen LogP contribution in [-0.4, -0.2) is 16.1 Å². The smallest absolute Gasteiger partial charge is 0.0775 e. The molecule has 0 aliphatic heterocycles. The van der Waals surface area contributed by atoms with Crippen molar-refractivity contribution in [1.29, 1.82) is 0 Å². The first kappa shape index (κ1) is 41.2. The van der Waals surface area contributed by atoms with E-state index in [1.54, 1.807) is 0 Å². The van der Waals surface area contributed by atoms with Crippen LogP contribution < -0.4 is 20.2 Å². The van der Waals surface area contributed by atoms with Crippen LogP contribution in [0.5, 0.6) is 0 Å². The van der Waals surface area contributed by atoms with Gasteiger partial charge >= 0.3 is 0 Å². The molecule has 324 valence electrons. The maximum Gasteiger partial charge on any atom is 0.0775 e. The summed E-state index contributed by atoms with van der Waals surface area (Å²) in [5, 5.41) is 7.91. The van der Waals surface area contributed by atoms with Crippen LogP contribution in [0.15, 0.2) is 218 Å². The number of anilines is 6. The van der Waals surface area contributed by atoms with Gasteiger partial charge in [-0.1, -0.05) is 183 Å². The van der Waals surface area contributed by atoms with Crippen molar-refractivity contribution >= 4 is 82.2 Å². The molecule has 67 heavy (non-hydrogen) atoms. The first-order chi connectivity index (χ1) is 32.5. The lowest BCUT2D eigenvalue weighted by Crippen LogP contribution is -2.37. The number of para-hydroxylation sites is 2. The predicted octanol–water partition coefficient (Wildman–Crippen LogP) is 16.4. The molecule has 0 atom stereocenters. The highest BCUT2D eigenvalue weighted by molar-refractivity contribution is 6.89. The number of hydrogen-bond acceptors (Lipinski definition) is 2. The van der Waals surface area contributed by atoms with E-state index in [1.807, 2.05) is 0 Å². The summed E-state index contributed by atoms with van der Waals surface area (Å²) >= 11 is 0. The molecule has 10 aromatic carbocycles. The van der Waals surface area contributed by atoms with Gasteiger partial charge in [0, 0.05) is 34.1 Å². The van der Waals surface area contributed by atoms with Crippen LogP contribution in [0.2, 0.25) is 39.3 Å². The van der Waals surface area contributed by atoms with Gasteiger partial charge in [-0.2, -0.15) is 0 Å². The fourth-order valence-corrected chi connectivity index (χ4v) is 13.6. The van der Waals surface area contributed by atoms with Crippen molar-refractivity contribution in [2.24, 2.45) is 0 Å². The van der Waals surface area contributed by atoms with Crippen molar-refractivity contribution in [3.63, 3.8) is 0 Å². The molecule has 0 N–H and O–H groups in total. The van der Waals surface area contributed by atoms with E-state index < -0.39 is 21.6 Å². The third-order valence-corrected chi connectivity index (χ3v) is 18.6. The average molecular weight is 895 g/mol. The average Bonchev–Trinajstić information content (AvgIpc) is 3.80. The molecule has 2 nitrogen and oxygen atoms in total. The molecule has 0 saturated heterocycles. The van der Waals surface area contributed by atoms with E-state index in [0.29, 0.717) is 0 Å². The second-order valence-electron chi connectivity index (χ2n) is 20.6. The highest BCUT2D eigenvalue weighted by Gasteiger charge is 2.52. The summed E-state index contributed by atoms with van der Waals surface area (Å²) in [6.45, 7) is 14.5. The van der Waals surface area contributed by atoms with E-state index in [0.717, 1.165) is 34.1 Å². The molecule has 10 aromatic rings. The molecular formula is C63H54N2Si2. The largest absolute Gasteiger partial charge is 0.310 e. The predicted molar refractivity (Wildman–Crippen MR) is 293 cm³/mol. The van der Waals surface area contributed by atoms with Gasteiger partial charge < -0.3 is 9.80 Å². The minimum Gasteiger partial charge on any atom is -0.310 e. The van der Waals surface area contributed by atoms with E-state index in [9.17, 15) is 0 Å². The van der Waals surface area contributed by atoms with Gasteiger partial charge in [0.25, 0.3) is 0 Å². The number of rotatable bonds is 8. The molecule has 0 fully saturated rings. The monoisotopic (exact) mass is 894 g/mol. The lowest BCUT2D eigenvalue weighted by molar-refractivity contribution is 0.802. The van der Waals surface area contributed by atoms with Gasteiger partial charge in [-0.05, 0) is 151 Å². The van der Waals surface area contributed by atoms with E-state index in [-0.39, 0.29) is 0 Å². The van der Waals surface area contributed by atoms with Crippen LogP contribution >= 0.6 is 0 Å². The second kappa shape index (κ2) is 15.4. The number of benzene rings is 10. The van der Waals surface area contributed by atoms with Crippen LogP contribution in [0.25, 0.3) is 43.8 Å². The molecule has 1 spiro atoms. The van der Waals surface area contributed by atoms with Crippen molar-refractivity contribution in [3.8, 4) is 22.3 Å². The van der Waals surface area contributed by atoms with Crippen LogP contribution in [0, 0.1) is 0 Å². The summed E-state index contributed by atoms with van der Waals surface area (Å²) in [5.74, 6) is 0. The Labute approximate surface area is 397 Å². The third-order valence-electron chi connectivity index (χ3n) is 14.5. The molecule has 0 bridgehead atoms. The van der Waals surface area contributed by atoms with Crippen LogP contribution in [0.4, 0.5) is 34.1 Å². The van der Waals surface area contributed by atoms with Gasteiger partial charge in [0.05, 0.1) is 21.6 Å². The van der Waals surface area contributed by atoms with Gasteiger partial charge in [-0.15, -0.1) is 0 Å². The summed E-state index contributed by atoms with van der Waals surface area (Å²) in [6.07, 6.45) is 0. The Hall–Kier alpha value is -7.25. The van der Waals surface area contributed by atoms with Crippen LogP contribution in [0.1, 0.15) is 22.3 Å². The topological polar surface area (TPSA) is 6.48 Å². The van der Waals surface area contributed by atoms with Crippen molar-refractivity contribution in [2.45, 2.75) is 44.7 Å². The first-order valence-electron chi connectivity index (χ1n) is 23.8. The fourth-order valence-electron chi connectivity index (χ4n) is 11.2. The Morgan fingerprint density at radius 2 is 0.731 bits per heavy atom. The van der Waals surface area contributed by atoms with Gasteiger partial charge in [0.1, 0.15) is 0 Å². The highest BCUT2D eigenvalue weighted by atomic mass is 28.3. The quantitative estimate of drug-likeness (QED) is 0.140. The number of fused-ring (bicyclic) bond motifs is 13. The molecule has 0 radical (unpaired) electrons. The molecule has 0 heterocycles. The van der Waals surface area contributed by atoms with Crippen LogP contribution in [0.3, 0.4) is 0 Å². The molecule has 0 saturated carbocycles. The van der Waals surface area contributed by atoms with Crippen molar-refractivity contribution < 1.29 is 0 Å². The van der Waals surface area contributed by atoms with Gasteiger partial charge in [-0.3, -0.25) is 0 Å². The lowest BCUT2D eigenvalue weighted by atomic mass is 9.69. The molecule has 12 rings (SSSR count).